The first-order valence-electron chi connectivity index (χ1n) is 9.71. The molecule has 0 aliphatic heterocycles. The first-order valence-corrected chi connectivity index (χ1v) is 9.71. The third-order valence-corrected chi connectivity index (χ3v) is 4.82. The van der Waals surface area contributed by atoms with E-state index in [4.69, 9.17) is 4.74 Å². The summed E-state index contributed by atoms with van der Waals surface area (Å²) in [7, 11) is 1.86. The van der Waals surface area contributed by atoms with Gasteiger partial charge in [-0.2, -0.15) is 10.2 Å². The molecule has 0 saturated heterocycles. The molecule has 0 aliphatic rings. The number of nitrogens with one attached hydrogen (secondary N) is 1. The van der Waals surface area contributed by atoms with Crippen LogP contribution in [0.5, 0.6) is 5.75 Å². The first-order chi connectivity index (χ1) is 13.6. The average molecular weight is 396 g/mol. The van der Waals surface area contributed by atoms with E-state index in [2.05, 4.69) is 48.4 Å². The van der Waals surface area contributed by atoms with Gasteiger partial charge in [-0.1, -0.05) is 32.9 Å². The molecule has 1 aromatic carbocycles. The fraction of sp³-hybridized carbons (Fsp3) is 0.409. The van der Waals surface area contributed by atoms with Crippen LogP contribution in [-0.2, 0) is 19.2 Å². The van der Waals surface area contributed by atoms with Crippen LogP contribution in [0, 0.1) is 6.92 Å². The van der Waals surface area contributed by atoms with Crippen molar-refractivity contribution in [2.75, 3.05) is 0 Å². The lowest BCUT2D eigenvalue weighted by Gasteiger charge is -2.19. The summed E-state index contributed by atoms with van der Waals surface area (Å²) in [6, 6.07) is 9.58. The summed E-state index contributed by atoms with van der Waals surface area (Å²) < 4.78 is 9.13. The summed E-state index contributed by atoms with van der Waals surface area (Å²) in [4.78, 5) is 12.5. The zero-order valence-electron chi connectivity index (χ0n) is 17.9. The minimum absolute atomic E-state index is 0.105. The predicted octanol–water partition coefficient (Wildman–Crippen LogP) is 3.75. The van der Waals surface area contributed by atoms with E-state index in [9.17, 15) is 4.79 Å². The minimum Gasteiger partial charge on any atom is -0.471 e. The van der Waals surface area contributed by atoms with Crippen molar-refractivity contribution in [2.24, 2.45) is 7.05 Å². The summed E-state index contributed by atoms with van der Waals surface area (Å²) >= 11 is 0. The molecule has 0 radical (unpaired) electrons. The maximum absolute atomic E-state index is 12.5. The van der Waals surface area contributed by atoms with Crippen LogP contribution in [-0.4, -0.2) is 25.5 Å². The Balaban J connectivity index is 1.57. The van der Waals surface area contributed by atoms with E-state index in [1.807, 2.05) is 39.2 Å². The summed E-state index contributed by atoms with van der Waals surface area (Å²) in [6.45, 7) is 10.6. The third kappa shape index (κ3) is 5.04. The molecule has 0 bridgehead atoms. The number of hydrogen-bond acceptors (Lipinski definition) is 4. The van der Waals surface area contributed by atoms with E-state index in [0.717, 1.165) is 17.0 Å². The Kier molecular flexibility index (Phi) is 5.77. The second kappa shape index (κ2) is 8.11. The van der Waals surface area contributed by atoms with Gasteiger partial charge < -0.3 is 10.1 Å². The monoisotopic (exact) mass is 395 g/mol. The second-order valence-electron chi connectivity index (χ2n) is 8.33. The van der Waals surface area contributed by atoms with Crippen LogP contribution in [0.25, 0.3) is 0 Å². The largest absolute Gasteiger partial charge is 0.471 e. The number of ether oxygens (including phenoxy) is 1. The third-order valence-electron chi connectivity index (χ3n) is 4.82. The Hall–Kier alpha value is -3.09. The predicted molar refractivity (Wildman–Crippen MR) is 112 cm³/mol. The Labute approximate surface area is 171 Å². The van der Waals surface area contributed by atoms with Crippen LogP contribution < -0.4 is 10.1 Å². The lowest BCUT2D eigenvalue weighted by Crippen LogP contribution is -2.27. The highest BCUT2D eigenvalue weighted by atomic mass is 16.5. The van der Waals surface area contributed by atoms with Gasteiger partial charge in [-0.05, 0) is 43.0 Å². The van der Waals surface area contributed by atoms with Gasteiger partial charge in [0.1, 0.15) is 11.4 Å². The van der Waals surface area contributed by atoms with Crippen molar-refractivity contribution in [3.8, 4) is 5.75 Å². The van der Waals surface area contributed by atoms with E-state index < -0.39 is 0 Å². The smallest absolute Gasteiger partial charge is 0.272 e. The molecule has 2 aromatic heterocycles. The zero-order valence-corrected chi connectivity index (χ0v) is 17.9. The standard InChI is InChI=1S/C22H29N5O2/c1-15(19-13-26(6)24-16(19)2)23-21(28)20-11-12-27(25-20)14-29-18-9-7-17(8-10-18)22(3,4)5/h7-13,15H,14H2,1-6H3,(H,23,28). The van der Waals surface area contributed by atoms with Crippen molar-refractivity contribution in [1.82, 2.24) is 24.9 Å². The van der Waals surface area contributed by atoms with Crippen LogP contribution in [0.3, 0.4) is 0 Å². The molecular formula is C22H29N5O2. The van der Waals surface area contributed by atoms with Crippen LogP contribution in [0.4, 0.5) is 0 Å². The number of aromatic nitrogens is 4. The Bertz CT molecular complexity index is 980. The van der Waals surface area contributed by atoms with Gasteiger partial charge in [0.25, 0.3) is 5.91 Å². The summed E-state index contributed by atoms with van der Waals surface area (Å²) in [5.41, 5.74) is 3.60. The molecule has 0 fully saturated rings. The van der Waals surface area contributed by atoms with Crippen LogP contribution in [0.15, 0.2) is 42.7 Å². The van der Waals surface area contributed by atoms with Crippen molar-refractivity contribution < 1.29 is 9.53 Å². The maximum atomic E-state index is 12.5. The number of aryl methyl sites for hydroxylation is 2. The number of benzene rings is 1. The lowest BCUT2D eigenvalue weighted by molar-refractivity contribution is 0.0932. The number of nitrogens with zero attached hydrogens (tertiary/aromatic N) is 4. The van der Waals surface area contributed by atoms with E-state index in [1.165, 1.54) is 5.56 Å². The van der Waals surface area contributed by atoms with E-state index in [0.29, 0.717) is 5.69 Å². The average Bonchev–Trinajstić information content (AvgIpc) is 3.25. The van der Waals surface area contributed by atoms with Gasteiger partial charge in [-0.15, -0.1) is 0 Å². The number of amides is 1. The molecule has 0 spiro atoms. The van der Waals surface area contributed by atoms with Crippen LogP contribution in [0.1, 0.15) is 61.0 Å². The summed E-state index contributed by atoms with van der Waals surface area (Å²) in [6.07, 6.45) is 3.65. The molecule has 154 valence electrons. The molecule has 0 saturated carbocycles. The number of rotatable bonds is 6. The highest BCUT2D eigenvalue weighted by Crippen LogP contribution is 2.24. The first kappa shape index (κ1) is 20.6. The van der Waals surface area contributed by atoms with Gasteiger partial charge in [0.15, 0.2) is 6.73 Å². The molecule has 0 aliphatic carbocycles. The van der Waals surface area contributed by atoms with Crippen molar-refractivity contribution in [1.29, 1.82) is 0 Å². The molecule has 3 rings (SSSR count). The van der Waals surface area contributed by atoms with Crippen molar-refractivity contribution in [3.05, 3.63) is 65.2 Å². The molecule has 1 unspecified atom stereocenters. The maximum Gasteiger partial charge on any atom is 0.272 e. The molecule has 1 amide bonds. The van der Waals surface area contributed by atoms with Gasteiger partial charge in [0, 0.05) is 25.0 Å². The Morgan fingerprint density at radius 1 is 1.17 bits per heavy atom. The van der Waals surface area contributed by atoms with Gasteiger partial charge in [-0.25, -0.2) is 4.68 Å². The normalized spacial score (nSPS) is 12.6. The fourth-order valence-corrected chi connectivity index (χ4v) is 3.14. The molecular weight excluding hydrogens is 366 g/mol. The van der Waals surface area contributed by atoms with E-state index in [1.54, 1.807) is 21.6 Å². The molecule has 1 N–H and O–H groups in total. The summed E-state index contributed by atoms with van der Waals surface area (Å²) in [5.74, 6) is 0.536. The van der Waals surface area contributed by atoms with Gasteiger partial charge >= 0.3 is 0 Å². The van der Waals surface area contributed by atoms with E-state index in [-0.39, 0.29) is 24.1 Å². The van der Waals surface area contributed by atoms with Crippen LogP contribution >= 0.6 is 0 Å². The minimum atomic E-state index is -0.228. The van der Waals surface area contributed by atoms with E-state index >= 15 is 0 Å². The number of carbonyl (C=O) groups is 1. The van der Waals surface area contributed by atoms with Crippen molar-refractivity contribution in [2.45, 2.75) is 52.8 Å². The Morgan fingerprint density at radius 3 is 2.45 bits per heavy atom. The second-order valence-corrected chi connectivity index (χ2v) is 8.33. The highest BCUT2D eigenvalue weighted by Gasteiger charge is 2.17. The molecule has 2 heterocycles. The van der Waals surface area contributed by atoms with Crippen LogP contribution in [0.2, 0.25) is 0 Å². The molecule has 7 heteroatoms. The molecule has 29 heavy (non-hydrogen) atoms. The van der Waals surface area contributed by atoms with Gasteiger partial charge in [0.2, 0.25) is 0 Å². The topological polar surface area (TPSA) is 74.0 Å². The number of carbonyl (C=O) groups excluding carboxylic acids is 1. The molecule has 7 nitrogen and oxygen atoms in total. The van der Waals surface area contributed by atoms with Crippen molar-refractivity contribution >= 4 is 5.91 Å². The van der Waals surface area contributed by atoms with Gasteiger partial charge in [0.05, 0.1) is 11.7 Å². The Morgan fingerprint density at radius 2 is 1.86 bits per heavy atom. The molecule has 1 atom stereocenters. The molecule has 3 aromatic rings. The van der Waals surface area contributed by atoms with Crippen molar-refractivity contribution in [3.63, 3.8) is 0 Å². The lowest BCUT2D eigenvalue weighted by atomic mass is 9.87. The fourth-order valence-electron chi connectivity index (χ4n) is 3.14. The zero-order chi connectivity index (χ0) is 21.2. The number of hydrogen-bond donors (Lipinski definition) is 1. The summed E-state index contributed by atoms with van der Waals surface area (Å²) in [5, 5.41) is 11.6. The quantitative estimate of drug-likeness (QED) is 0.690. The SMILES string of the molecule is Cc1nn(C)cc1C(C)NC(=O)c1ccn(COc2ccc(C(C)(C)C)cc2)n1. The van der Waals surface area contributed by atoms with Gasteiger partial charge in [-0.3, -0.25) is 9.48 Å². The highest BCUT2D eigenvalue weighted by molar-refractivity contribution is 5.92.